The summed E-state index contributed by atoms with van der Waals surface area (Å²) < 4.78 is 0. The Morgan fingerprint density at radius 3 is 2.70 bits per heavy atom. The molecule has 0 aromatic heterocycles. The lowest BCUT2D eigenvalue weighted by Gasteiger charge is -2.03. The highest BCUT2D eigenvalue weighted by atomic mass is 16.1. The standard InChI is InChI=1S/C7H10N2O/c1-6(2)9-7(10)4-5-8-3/h4-6H,1-2H3,(H,9,10)/b5-4+. The van der Waals surface area contributed by atoms with Crippen molar-refractivity contribution in [3.05, 3.63) is 23.7 Å². The number of rotatable bonds is 2. The first-order chi connectivity index (χ1) is 4.66. The van der Waals surface area contributed by atoms with Crippen LogP contribution in [0.15, 0.2) is 12.3 Å². The zero-order valence-corrected chi connectivity index (χ0v) is 6.09. The molecule has 0 saturated carbocycles. The number of nitrogens with one attached hydrogen (secondary N) is 1. The molecule has 1 amide bonds. The molecule has 0 fully saturated rings. The third-order valence-corrected chi connectivity index (χ3v) is 0.731. The summed E-state index contributed by atoms with van der Waals surface area (Å²) >= 11 is 0. The van der Waals surface area contributed by atoms with E-state index in [2.05, 4.69) is 10.2 Å². The number of hydrogen-bond acceptors (Lipinski definition) is 1. The summed E-state index contributed by atoms with van der Waals surface area (Å²) in [5.41, 5.74) is 0. The number of carbonyl (C=O) groups is 1. The van der Waals surface area contributed by atoms with Crippen LogP contribution in [0.1, 0.15) is 13.8 Å². The van der Waals surface area contributed by atoms with Gasteiger partial charge in [-0.25, -0.2) is 4.85 Å². The molecule has 0 saturated heterocycles. The summed E-state index contributed by atoms with van der Waals surface area (Å²) in [5.74, 6) is -0.217. The van der Waals surface area contributed by atoms with Gasteiger partial charge >= 0.3 is 0 Å². The summed E-state index contributed by atoms with van der Waals surface area (Å²) in [4.78, 5) is 13.6. The fourth-order valence-corrected chi connectivity index (χ4v) is 0.438. The smallest absolute Gasteiger partial charge is 0.233 e. The van der Waals surface area contributed by atoms with Gasteiger partial charge in [-0.2, -0.15) is 0 Å². The third kappa shape index (κ3) is 4.85. The van der Waals surface area contributed by atoms with Crippen LogP contribution in [0.3, 0.4) is 0 Å². The van der Waals surface area contributed by atoms with E-state index in [1.807, 2.05) is 13.8 Å². The number of amides is 1. The molecule has 0 rings (SSSR count). The van der Waals surface area contributed by atoms with Crippen LogP contribution in [-0.2, 0) is 4.79 Å². The molecule has 0 spiro atoms. The summed E-state index contributed by atoms with van der Waals surface area (Å²) in [5, 5.41) is 2.61. The minimum atomic E-state index is -0.217. The largest absolute Gasteiger partial charge is 0.351 e. The number of nitrogens with zero attached hydrogens (tertiary/aromatic N) is 1. The van der Waals surface area contributed by atoms with Crippen molar-refractivity contribution in [2.45, 2.75) is 19.9 Å². The van der Waals surface area contributed by atoms with E-state index in [1.54, 1.807) is 0 Å². The maximum Gasteiger partial charge on any atom is 0.233 e. The van der Waals surface area contributed by atoms with E-state index in [9.17, 15) is 4.79 Å². The van der Waals surface area contributed by atoms with Gasteiger partial charge in [-0.1, -0.05) is 0 Å². The van der Waals surface area contributed by atoms with Gasteiger partial charge in [0, 0.05) is 12.1 Å². The van der Waals surface area contributed by atoms with Gasteiger partial charge in [-0.3, -0.25) is 4.79 Å². The Bertz CT molecular complexity index is 177. The maximum atomic E-state index is 10.7. The van der Waals surface area contributed by atoms with Crippen molar-refractivity contribution < 1.29 is 4.79 Å². The van der Waals surface area contributed by atoms with E-state index < -0.39 is 0 Å². The van der Waals surface area contributed by atoms with Gasteiger partial charge in [0.25, 0.3) is 0 Å². The Labute approximate surface area is 60.6 Å². The number of hydrogen-bond donors (Lipinski definition) is 1. The molecule has 0 aliphatic carbocycles. The number of carbonyl (C=O) groups excluding carboxylic acids is 1. The summed E-state index contributed by atoms with van der Waals surface area (Å²) in [6.45, 7) is 10.1. The van der Waals surface area contributed by atoms with Crippen LogP contribution in [-0.4, -0.2) is 11.9 Å². The highest BCUT2D eigenvalue weighted by Gasteiger charge is 1.95. The first kappa shape index (κ1) is 8.70. The average molecular weight is 138 g/mol. The van der Waals surface area contributed by atoms with Crippen molar-refractivity contribution in [1.82, 2.24) is 5.32 Å². The van der Waals surface area contributed by atoms with Gasteiger partial charge in [0.1, 0.15) is 0 Å². The van der Waals surface area contributed by atoms with Crippen LogP contribution in [0.2, 0.25) is 0 Å². The molecule has 0 aliphatic rings. The van der Waals surface area contributed by atoms with Crippen molar-refractivity contribution in [2.24, 2.45) is 0 Å². The van der Waals surface area contributed by atoms with Crippen molar-refractivity contribution in [1.29, 1.82) is 0 Å². The molecular formula is C7H10N2O. The lowest BCUT2D eigenvalue weighted by molar-refractivity contribution is -0.116. The summed E-state index contributed by atoms with van der Waals surface area (Å²) in [6, 6.07) is 0.128. The molecule has 10 heavy (non-hydrogen) atoms. The Kier molecular flexibility index (Phi) is 3.97. The quantitative estimate of drug-likeness (QED) is 0.447. The molecule has 0 aliphatic heterocycles. The van der Waals surface area contributed by atoms with Crippen LogP contribution in [0, 0.1) is 6.57 Å². The second kappa shape index (κ2) is 4.57. The first-order valence-corrected chi connectivity index (χ1v) is 3.00. The Morgan fingerprint density at radius 2 is 2.30 bits per heavy atom. The van der Waals surface area contributed by atoms with Crippen molar-refractivity contribution in [3.8, 4) is 0 Å². The fraction of sp³-hybridized carbons (Fsp3) is 0.429. The zero-order chi connectivity index (χ0) is 7.98. The van der Waals surface area contributed by atoms with Crippen LogP contribution >= 0.6 is 0 Å². The van der Waals surface area contributed by atoms with Crippen molar-refractivity contribution >= 4 is 5.91 Å². The van der Waals surface area contributed by atoms with Crippen molar-refractivity contribution in [3.63, 3.8) is 0 Å². The lowest BCUT2D eigenvalue weighted by atomic mass is 10.4. The van der Waals surface area contributed by atoms with Crippen LogP contribution in [0.25, 0.3) is 4.85 Å². The molecule has 0 atom stereocenters. The Morgan fingerprint density at radius 1 is 1.70 bits per heavy atom. The molecule has 3 heteroatoms. The topological polar surface area (TPSA) is 33.5 Å². The van der Waals surface area contributed by atoms with E-state index in [1.165, 1.54) is 6.08 Å². The summed E-state index contributed by atoms with van der Waals surface area (Å²) in [6.07, 6.45) is 2.35. The SMILES string of the molecule is [C-]#[N+]/C=C/C(=O)NC(C)C. The highest BCUT2D eigenvalue weighted by Crippen LogP contribution is 1.79. The molecule has 1 N–H and O–H groups in total. The molecular weight excluding hydrogens is 128 g/mol. The zero-order valence-electron chi connectivity index (χ0n) is 6.09. The predicted molar refractivity (Wildman–Crippen MR) is 39.0 cm³/mol. The maximum absolute atomic E-state index is 10.7. The van der Waals surface area contributed by atoms with Gasteiger partial charge < -0.3 is 5.32 Å². The van der Waals surface area contributed by atoms with Gasteiger partial charge in [0.2, 0.25) is 5.91 Å². The van der Waals surface area contributed by atoms with E-state index >= 15 is 0 Å². The minimum absolute atomic E-state index is 0.128. The lowest BCUT2D eigenvalue weighted by Crippen LogP contribution is -2.28. The molecule has 0 bridgehead atoms. The normalized spacial score (nSPS) is 9.80. The second-order valence-corrected chi connectivity index (χ2v) is 2.11. The second-order valence-electron chi connectivity index (χ2n) is 2.11. The Hall–Kier alpha value is -1.30. The van der Waals surface area contributed by atoms with E-state index in [0.29, 0.717) is 0 Å². The monoisotopic (exact) mass is 138 g/mol. The Balaban J connectivity index is 3.67. The highest BCUT2D eigenvalue weighted by molar-refractivity contribution is 5.87. The van der Waals surface area contributed by atoms with Crippen LogP contribution in [0.4, 0.5) is 0 Å². The van der Waals surface area contributed by atoms with Gasteiger partial charge in [-0.15, -0.1) is 0 Å². The average Bonchev–Trinajstić information content (AvgIpc) is 1.82. The van der Waals surface area contributed by atoms with Gasteiger partial charge in [-0.05, 0) is 13.8 Å². The summed E-state index contributed by atoms with van der Waals surface area (Å²) in [7, 11) is 0. The van der Waals surface area contributed by atoms with E-state index in [0.717, 1.165) is 6.20 Å². The van der Waals surface area contributed by atoms with E-state index in [-0.39, 0.29) is 11.9 Å². The molecule has 3 nitrogen and oxygen atoms in total. The van der Waals surface area contributed by atoms with Gasteiger partial charge in [0.15, 0.2) is 6.20 Å². The van der Waals surface area contributed by atoms with E-state index in [4.69, 9.17) is 6.57 Å². The van der Waals surface area contributed by atoms with Crippen LogP contribution < -0.4 is 5.32 Å². The molecule has 0 aromatic carbocycles. The minimum Gasteiger partial charge on any atom is -0.351 e. The molecule has 54 valence electrons. The molecule has 0 heterocycles. The van der Waals surface area contributed by atoms with Gasteiger partial charge in [0.05, 0.1) is 6.57 Å². The molecule has 0 unspecified atom stereocenters. The first-order valence-electron chi connectivity index (χ1n) is 3.00. The predicted octanol–water partition coefficient (Wildman–Crippen LogP) is 0.944. The molecule has 0 aromatic rings. The van der Waals surface area contributed by atoms with Crippen molar-refractivity contribution in [2.75, 3.05) is 0 Å². The third-order valence-electron chi connectivity index (χ3n) is 0.731. The molecule has 0 radical (unpaired) electrons. The fourth-order valence-electron chi connectivity index (χ4n) is 0.438. The van der Waals surface area contributed by atoms with Crippen LogP contribution in [0.5, 0.6) is 0 Å².